The molecule has 0 radical (unpaired) electrons. The Hall–Kier alpha value is -0.645. The Morgan fingerprint density at radius 2 is 1.03 bits per heavy atom. The van der Waals surface area contributed by atoms with Gasteiger partial charge in [-0.25, -0.2) is 0 Å². The molecule has 2 nitrogen and oxygen atoms in total. The van der Waals surface area contributed by atoms with E-state index in [1.165, 1.54) is 5.30 Å². The molecule has 0 N–H and O–H groups in total. The van der Waals surface area contributed by atoms with Gasteiger partial charge < -0.3 is 4.70 Å². The highest BCUT2D eigenvalue weighted by molar-refractivity contribution is 7.48. The van der Waals surface area contributed by atoms with Gasteiger partial charge >= 0.3 is 7.54 Å². The van der Waals surface area contributed by atoms with E-state index in [1.807, 2.05) is 0 Å². The van der Waals surface area contributed by atoms with E-state index >= 15 is 0 Å². The summed E-state index contributed by atoms with van der Waals surface area (Å²) in [7, 11) is -2.76. The molecule has 8 heteroatoms. The average molecular weight is 435 g/mol. The highest BCUT2D eigenvalue weighted by Crippen LogP contribution is 2.48. The van der Waals surface area contributed by atoms with Gasteiger partial charge in [-0.1, -0.05) is 38.9 Å². The van der Waals surface area contributed by atoms with Gasteiger partial charge in [-0.15, -0.1) is 0 Å². The van der Waals surface area contributed by atoms with Gasteiger partial charge in [0.25, 0.3) is 0 Å². The second-order valence-electron chi connectivity index (χ2n) is 8.53. The summed E-state index contributed by atoms with van der Waals surface area (Å²) in [5.74, 6) is 0. The summed E-state index contributed by atoms with van der Waals surface area (Å²) in [6.45, 7) is 18.8. The summed E-state index contributed by atoms with van der Waals surface area (Å²) in [6.07, 6.45) is 0. The lowest BCUT2D eigenvalue weighted by atomic mass is 10.2. The minimum Gasteiger partial charge on any atom is -1.00 e. The molecule has 1 saturated carbocycles. The van der Waals surface area contributed by atoms with Crippen molar-refractivity contribution in [2.24, 2.45) is 0 Å². The fraction of sp³-hybridized carbons (Fsp3) is 0.714. The van der Waals surface area contributed by atoms with Gasteiger partial charge in [-0.3, -0.25) is 22.7 Å². The molecular formula is C21H37BF4N2P-. The zero-order valence-corrected chi connectivity index (χ0v) is 19.9. The molecular weight excluding hydrogens is 398 g/mol. The number of hydrogen-bond acceptors (Lipinski definition) is 2. The minimum absolute atomic E-state index is 0. The number of hydrogen-bond donors (Lipinski definition) is 0. The molecule has 0 aliphatic heterocycles. The average Bonchev–Trinajstić information content (AvgIpc) is 3.18. The smallest absolute Gasteiger partial charge is 0.762 e. The van der Waals surface area contributed by atoms with Crippen LogP contribution >= 0.6 is 8.58 Å². The summed E-state index contributed by atoms with van der Waals surface area (Å²) < 4.78 is 29.0. The normalized spacial score (nSPS) is 21.3. The largest absolute Gasteiger partial charge is 1.00 e. The highest BCUT2D eigenvalue weighted by atomic mass is 31.1. The molecule has 0 spiro atoms. The maximum Gasteiger partial charge on any atom is 0.762 e. The summed E-state index contributed by atoms with van der Waals surface area (Å²) in [4.78, 5) is 5.51. The molecule has 1 aromatic rings. The predicted octanol–water partition coefficient (Wildman–Crippen LogP) is 2.23. The van der Waals surface area contributed by atoms with E-state index in [0.717, 1.165) is 14.2 Å². The lowest BCUT2D eigenvalue weighted by Gasteiger charge is -2.35. The zero-order chi connectivity index (χ0) is 21.6. The van der Waals surface area contributed by atoms with Crippen molar-refractivity contribution in [1.29, 1.82) is 0 Å². The van der Waals surface area contributed by atoms with Crippen LogP contribution in [0.3, 0.4) is 0 Å². The van der Waals surface area contributed by atoms with Crippen molar-refractivity contribution >= 4 is 21.4 Å². The molecule has 168 valence electrons. The van der Waals surface area contributed by atoms with Crippen molar-refractivity contribution in [3.8, 4) is 0 Å². The first-order valence-electron chi connectivity index (χ1n) is 10.3. The van der Waals surface area contributed by atoms with Crippen molar-refractivity contribution in [3.63, 3.8) is 0 Å². The van der Waals surface area contributed by atoms with E-state index in [4.69, 9.17) is 0 Å². The first-order chi connectivity index (χ1) is 13.0. The quantitative estimate of drug-likeness (QED) is 0.351. The molecule has 3 atom stereocenters. The number of rotatable bonds is 8. The fourth-order valence-corrected chi connectivity index (χ4v) is 6.21. The van der Waals surface area contributed by atoms with E-state index in [1.54, 1.807) is 0 Å². The van der Waals surface area contributed by atoms with Crippen LogP contribution in [0, 0.1) is 0 Å². The van der Waals surface area contributed by atoms with Crippen LogP contribution in [0.4, 0.5) is 12.9 Å². The standard InChI is InChI=1S/C21H37N2P.BF3.FH/c1-14(2)22(15(3)4)19-20(23(16(5)6)17(7)8)21(19)24-18-12-10-9-11-13-18;2-1(3)4;/h9-17,19-21,24H,1-8H3;;1H/p-1. The van der Waals surface area contributed by atoms with Crippen LogP contribution in [0.5, 0.6) is 0 Å². The molecule has 29 heavy (non-hydrogen) atoms. The number of nitrogens with zero attached hydrogens (tertiary/aromatic N) is 2. The fourth-order valence-electron chi connectivity index (χ4n) is 4.47. The van der Waals surface area contributed by atoms with Crippen LogP contribution in [-0.4, -0.2) is 59.3 Å². The molecule has 1 fully saturated rings. The van der Waals surface area contributed by atoms with Gasteiger partial charge in [0, 0.05) is 41.9 Å². The molecule has 0 amide bonds. The Morgan fingerprint density at radius 3 is 1.31 bits per heavy atom. The third-order valence-corrected chi connectivity index (χ3v) is 6.81. The third kappa shape index (κ3) is 8.55. The SMILES string of the molecule is CC(C)N(C(C)C)C1C(Pc2ccccc2)C1N(C(C)C)C(C)C.FB(F)F.[F-]. The Kier molecular flexibility index (Phi) is 12.6. The molecule has 0 saturated heterocycles. The molecule has 1 aromatic carbocycles. The van der Waals surface area contributed by atoms with Crippen molar-refractivity contribution in [3.05, 3.63) is 30.3 Å². The maximum absolute atomic E-state index is 9.67. The molecule has 0 bridgehead atoms. The van der Waals surface area contributed by atoms with Crippen molar-refractivity contribution in [2.75, 3.05) is 0 Å². The Morgan fingerprint density at radius 1 is 0.724 bits per heavy atom. The molecule has 1 aliphatic rings. The lowest BCUT2D eigenvalue weighted by molar-refractivity contribution is -0.0000101. The minimum atomic E-state index is -3.67. The Labute approximate surface area is 177 Å². The lowest BCUT2D eigenvalue weighted by Crippen LogP contribution is -3.00. The topological polar surface area (TPSA) is 6.48 Å². The van der Waals surface area contributed by atoms with Crippen molar-refractivity contribution < 1.29 is 17.7 Å². The zero-order valence-electron chi connectivity index (χ0n) is 18.9. The number of halogens is 4. The van der Waals surface area contributed by atoms with Crippen LogP contribution in [-0.2, 0) is 0 Å². The van der Waals surface area contributed by atoms with E-state index in [2.05, 4.69) is 95.5 Å². The summed E-state index contributed by atoms with van der Waals surface area (Å²) in [6, 6.07) is 14.9. The van der Waals surface area contributed by atoms with E-state index in [0.29, 0.717) is 36.3 Å². The first kappa shape index (κ1) is 28.4. The Balaban J connectivity index is 0.00000143. The highest BCUT2D eigenvalue weighted by Gasteiger charge is 2.57. The van der Waals surface area contributed by atoms with Crippen LogP contribution in [0.1, 0.15) is 55.4 Å². The van der Waals surface area contributed by atoms with Crippen molar-refractivity contribution in [1.82, 2.24) is 9.80 Å². The van der Waals surface area contributed by atoms with Crippen LogP contribution < -0.4 is 10.0 Å². The molecule has 3 unspecified atom stereocenters. The van der Waals surface area contributed by atoms with Gasteiger partial charge in [0.05, 0.1) is 0 Å². The molecule has 1 aliphatic carbocycles. The van der Waals surface area contributed by atoms with E-state index < -0.39 is 7.54 Å². The van der Waals surface area contributed by atoms with Gasteiger partial charge in [-0.05, 0) is 60.7 Å². The third-order valence-electron chi connectivity index (χ3n) is 5.13. The van der Waals surface area contributed by atoms with Gasteiger partial charge in [-0.2, -0.15) is 0 Å². The second-order valence-corrected chi connectivity index (χ2v) is 10.1. The summed E-state index contributed by atoms with van der Waals surface area (Å²) in [5.41, 5.74) is 0.766. The van der Waals surface area contributed by atoms with Gasteiger partial charge in [0.15, 0.2) is 0 Å². The van der Waals surface area contributed by atoms with Crippen LogP contribution in [0.15, 0.2) is 30.3 Å². The monoisotopic (exact) mass is 435 g/mol. The molecule has 0 aromatic heterocycles. The Bertz CT molecular complexity index is 516. The van der Waals surface area contributed by atoms with Crippen LogP contribution in [0.2, 0.25) is 0 Å². The van der Waals surface area contributed by atoms with Crippen molar-refractivity contribution in [2.45, 2.75) is 97.3 Å². The second kappa shape index (κ2) is 12.9. The van der Waals surface area contributed by atoms with E-state index in [-0.39, 0.29) is 4.70 Å². The van der Waals surface area contributed by atoms with Crippen LogP contribution in [0.25, 0.3) is 0 Å². The summed E-state index contributed by atoms with van der Waals surface area (Å²) in [5, 5.41) is 1.51. The van der Waals surface area contributed by atoms with Gasteiger partial charge in [0.2, 0.25) is 0 Å². The summed E-state index contributed by atoms with van der Waals surface area (Å²) >= 11 is 0. The molecule has 0 heterocycles. The number of benzene rings is 1. The maximum atomic E-state index is 9.67. The van der Waals surface area contributed by atoms with Gasteiger partial charge in [0.1, 0.15) is 0 Å². The van der Waals surface area contributed by atoms with E-state index in [9.17, 15) is 12.9 Å². The molecule has 2 rings (SSSR count). The first-order valence-corrected chi connectivity index (χ1v) is 11.3. The predicted molar refractivity (Wildman–Crippen MR) is 119 cm³/mol.